The van der Waals surface area contributed by atoms with E-state index in [1.165, 1.54) is 36.9 Å². The van der Waals surface area contributed by atoms with Crippen molar-refractivity contribution < 1.29 is 9.47 Å². The summed E-state index contributed by atoms with van der Waals surface area (Å²) in [5.74, 6) is 1.80. The lowest BCUT2D eigenvalue weighted by Gasteiger charge is -2.22. The molecular formula is C19H30N4O2. The lowest BCUT2D eigenvalue weighted by molar-refractivity contribution is 0.0103. The van der Waals surface area contributed by atoms with Gasteiger partial charge >= 0.3 is 0 Å². The van der Waals surface area contributed by atoms with E-state index in [9.17, 15) is 0 Å². The maximum atomic E-state index is 6.21. The lowest BCUT2D eigenvalue weighted by atomic mass is 9.96. The third kappa shape index (κ3) is 3.81. The van der Waals surface area contributed by atoms with Crippen LogP contribution in [0.1, 0.15) is 56.1 Å². The zero-order chi connectivity index (χ0) is 17.1. The number of anilines is 1. The highest BCUT2D eigenvalue weighted by Gasteiger charge is 2.42. The molecular weight excluding hydrogens is 316 g/mol. The molecule has 1 aliphatic carbocycles. The van der Waals surface area contributed by atoms with Gasteiger partial charge in [0.1, 0.15) is 12.4 Å². The summed E-state index contributed by atoms with van der Waals surface area (Å²) in [6.07, 6.45) is 8.08. The number of hydrogen-bond donors (Lipinski definition) is 2. The minimum absolute atomic E-state index is 0.136. The van der Waals surface area contributed by atoms with Crippen molar-refractivity contribution in [3.05, 3.63) is 17.1 Å². The average molecular weight is 346 g/mol. The molecule has 1 atom stereocenters. The van der Waals surface area contributed by atoms with Crippen molar-refractivity contribution in [2.75, 3.05) is 31.6 Å². The van der Waals surface area contributed by atoms with E-state index < -0.39 is 0 Å². The van der Waals surface area contributed by atoms with Crippen LogP contribution in [0.4, 0.5) is 5.82 Å². The van der Waals surface area contributed by atoms with Crippen molar-refractivity contribution in [3.63, 3.8) is 0 Å². The highest BCUT2D eigenvalue weighted by Crippen LogP contribution is 2.41. The van der Waals surface area contributed by atoms with Gasteiger partial charge in [0.15, 0.2) is 5.82 Å². The monoisotopic (exact) mass is 346 g/mol. The molecule has 1 aromatic heterocycles. The molecule has 2 N–H and O–H groups in total. The molecule has 0 bridgehead atoms. The number of nitrogens with zero attached hydrogens (tertiary/aromatic N) is 2. The van der Waals surface area contributed by atoms with Gasteiger partial charge in [-0.25, -0.2) is 9.97 Å². The third-order valence-corrected chi connectivity index (χ3v) is 5.73. The predicted molar refractivity (Wildman–Crippen MR) is 96.8 cm³/mol. The SMILES string of the molecule is CCOCc1nc2c(c(N[C@H]3COC4(CCCC4)C3)n1)CCNCC2. The molecule has 3 heterocycles. The molecule has 2 fully saturated rings. The first-order chi connectivity index (χ1) is 12.3. The van der Waals surface area contributed by atoms with Crippen molar-refractivity contribution in [2.24, 2.45) is 0 Å². The Labute approximate surface area is 150 Å². The van der Waals surface area contributed by atoms with Gasteiger partial charge in [-0.1, -0.05) is 12.8 Å². The predicted octanol–water partition coefficient (Wildman–Crippen LogP) is 2.21. The van der Waals surface area contributed by atoms with E-state index in [1.807, 2.05) is 6.92 Å². The molecule has 0 amide bonds. The van der Waals surface area contributed by atoms with E-state index in [-0.39, 0.29) is 5.60 Å². The summed E-state index contributed by atoms with van der Waals surface area (Å²) in [5.41, 5.74) is 2.58. The Morgan fingerprint density at radius 1 is 1.24 bits per heavy atom. The van der Waals surface area contributed by atoms with Gasteiger partial charge in [0, 0.05) is 25.1 Å². The van der Waals surface area contributed by atoms with Gasteiger partial charge in [-0.2, -0.15) is 0 Å². The second-order valence-electron chi connectivity index (χ2n) is 7.55. The van der Waals surface area contributed by atoms with E-state index in [0.717, 1.165) is 50.6 Å². The molecule has 2 aliphatic heterocycles. The molecule has 4 rings (SSSR count). The Morgan fingerprint density at radius 3 is 2.92 bits per heavy atom. The molecule has 25 heavy (non-hydrogen) atoms. The van der Waals surface area contributed by atoms with Gasteiger partial charge in [0.05, 0.1) is 23.9 Å². The van der Waals surface area contributed by atoms with Crippen LogP contribution in [-0.2, 0) is 28.9 Å². The van der Waals surface area contributed by atoms with Crippen LogP contribution < -0.4 is 10.6 Å². The molecule has 6 heteroatoms. The Balaban J connectivity index is 1.54. The Morgan fingerprint density at radius 2 is 2.08 bits per heavy atom. The fraction of sp³-hybridized carbons (Fsp3) is 0.789. The van der Waals surface area contributed by atoms with Crippen molar-refractivity contribution in [1.29, 1.82) is 0 Å². The number of nitrogens with one attached hydrogen (secondary N) is 2. The fourth-order valence-corrected chi connectivity index (χ4v) is 4.47. The van der Waals surface area contributed by atoms with Crippen LogP contribution in [0.5, 0.6) is 0 Å². The summed E-state index contributed by atoms with van der Waals surface area (Å²) in [5, 5.41) is 7.17. The van der Waals surface area contributed by atoms with E-state index in [4.69, 9.17) is 19.4 Å². The maximum Gasteiger partial charge on any atom is 0.156 e. The van der Waals surface area contributed by atoms with Crippen molar-refractivity contribution in [1.82, 2.24) is 15.3 Å². The van der Waals surface area contributed by atoms with Gasteiger partial charge in [-0.3, -0.25) is 0 Å². The maximum absolute atomic E-state index is 6.21. The summed E-state index contributed by atoms with van der Waals surface area (Å²) in [4.78, 5) is 9.58. The summed E-state index contributed by atoms with van der Waals surface area (Å²) in [6, 6.07) is 0.355. The zero-order valence-corrected chi connectivity index (χ0v) is 15.3. The quantitative estimate of drug-likeness (QED) is 0.852. The molecule has 1 saturated carbocycles. The van der Waals surface area contributed by atoms with E-state index in [0.29, 0.717) is 19.3 Å². The summed E-state index contributed by atoms with van der Waals surface area (Å²) in [6.45, 7) is 5.93. The number of aromatic nitrogens is 2. The largest absolute Gasteiger partial charge is 0.374 e. The number of hydrogen-bond acceptors (Lipinski definition) is 6. The normalized spacial score (nSPS) is 25.1. The molecule has 6 nitrogen and oxygen atoms in total. The van der Waals surface area contributed by atoms with Crippen molar-refractivity contribution in [3.8, 4) is 0 Å². The smallest absolute Gasteiger partial charge is 0.156 e. The summed E-state index contributed by atoms with van der Waals surface area (Å²) in [7, 11) is 0. The van der Waals surface area contributed by atoms with Crippen LogP contribution in [0.25, 0.3) is 0 Å². The lowest BCUT2D eigenvalue weighted by Crippen LogP contribution is -2.26. The third-order valence-electron chi connectivity index (χ3n) is 5.73. The molecule has 1 spiro atoms. The molecule has 0 radical (unpaired) electrons. The average Bonchev–Trinajstić information content (AvgIpc) is 3.16. The number of fused-ring (bicyclic) bond motifs is 1. The van der Waals surface area contributed by atoms with Gasteiger partial charge < -0.3 is 20.1 Å². The van der Waals surface area contributed by atoms with E-state index in [1.54, 1.807) is 0 Å². The summed E-state index contributed by atoms with van der Waals surface area (Å²) >= 11 is 0. The number of rotatable bonds is 5. The van der Waals surface area contributed by atoms with Crippen LogP contribution >= 0.6 is 0 Å². The summed E-state index contributed by atoms with van der Waals surface area (Å²) < 4.78 is 11.8. The van der Waals surface area contributed by atoms with Crippen LogP contribution in [0.15, 0.2) is 0 Å². The van der Waals surface area contributed by atoms with Gasteiger partial charge in [0.2, 0.25) is 0 Å². The van der Waals surface area contributed by atoms with Crippen LogP contribution in [0, 0.1) is 0 Å². The molecule has 138 valence electrons. The first-order valence-corrected chi connectivity index (χ1v) is 9.86. The molecule has 1 saturated heterocycles. The Bertz CT molecular complexity index is 601. The highest BCUT2D eigenvalue weighted by molar-refractivity contribution is 5.48. The first-order valence-electron chi connectivity index (χ1n) is 9.86. The molecule has 1 aromatic rings. The standard InChI is InChI=1S/C19H30N4O2/c1-2-24-13-17-22-16-6-10-20-9-5-15(16)18(23-17)21-14-11-19(25-12-14)7-3-4-8-19/h14,20H,2-13H2,1H3,(H,21,22,23)/t14-/m1/s1. The zero-order valence-electron chi connectivity index (χ0n) is 15.3. The molecule has 0 unspecified atom stereocenters. The van der Waals surface area contributed by atoms with E-state index >= 15 is 0 Å². The van der Waals surface area contributed by atoms with Gasteiger partial charge in [-0.15, -0.1) is 0 Å². The highest BCUT2D eigenvalue weighted by atomic mass is 16.5. The first kappa shape index (κ1) is 17.2. The van der Waals surface area contributed by atoms with Crippen LogP contribution in [0.2, 0.25) is 0 Å². The van der Waals surface area contributed by atoms with Gasteiger partial charge in [0.25, 0.3) is 0 Å². The topological polar surface area (TPSA) is 68.3 Å². The second-order valence-corrected chi connectivity index (χ2v) is 7.55. The van der Waals surface area contributed by atoms with Crippen LogP contribution in [-0.4, -0.2) is 47.9 Å². The second kappa shape index (κ2) is 7.56. The minimum Gasteiger partial charge on any atom is -0.374 e. The minimum atomic E-state index is 0.136. The van der Waals surface area contributed by atoms with E-state index in [2.05, 4.69) is 10.6 Å². The number of ether oxygens (including phenoxy) is 2. The molecule has 0 aromatic carbocycles. The van der Waals surface area contributed by atoms with Crippen molar-refractivity contribution in [2.45, 2.75) is 70.1 Å². The van der Waals surface area contributed by atoms with Crippen LogP contribution in [0.3, 0.4) is 0 Å². The Hall–Kier alpha value is -1.24. The molecule has 3 aliphatic rings. The fourth-order valence-electron chi connectivity index (χ4n) is 4.47. The van der Waals surface area contributed by atoms with Gasteiger partial charge in [-0.05, 0) is 39.2 Å². The Kier molecular flexibility index (Phi) is 5.20. The van der Waals surface area contributed by atoms with Crippen molar-refractivity contribution >= 4 is 5.82 Å².